The van der Waals surface area contributed by atoms with Gasteiger partial charge in [-0.2, -0.15) is 5.26 Å². The molecule has 1 atom stereocenters. The molecule has 0 radical (unpaired) electrons. The molecule has 0 saturated carbocycles. The monoisotopic (exact) mass is 206 g/mol. The summed E-state index contributed by atoms with van der Waals surface area (Å²) in [7, 11) is 0. The number of nitrogens with one attached hydrogen (secondary N) is 1. The predicted octanol–water partition coefficient (Wildman–Crippen LogP) is 0.921. The highest BCUT2D eigenvalue weighted by molar-refractivity contribution is 5.48. The summed E-state index contributed by atoms with van der Waals surface area (Å²) in [6.45, 7) is 3.79. The minimum absolute atomic E-state index is 0.0229. The molecule has 1 heterocycles. The zero-order valence-corrected chi connectivity index (χ0v) is 8.86. The van der Waals surface area contributed by atoms with Gasteiger partial charge < -0.3 is 10.4 Å². The van der Waals surface area contributed by atoms with Gasteiger partial charge in [0.2, 0.25) is 0 Å². The topological polar surface area (TPSA) is 81.8 Å². The van der Waals surface area contributed by atoms with E-state index in [1.54, 1.807) is 0 Å². The number of aromatic nitrogens is 2. The highest BCUT2D eigenvalue weighted by Crippen LogP contribution is 2.17. The second-order valence-electron chi connectivity index (χ2n) is 3.56. The molecule has 80 valence electrons. The van der Waals surface area contributed by atoms with Crippen molar-refractivity contribution in [3.8, 4) is 6.07 Å². The Bertz CT molecular complexity index is 368. The van der Waals surface area contributed by atoms with Gasteiger partial charge in [-0.3, -0.25) is 0 Å². The van der Waals surface area contributed by atoms with E-state index in [9.17, 15) is 5.11 Å². The number of nitriles is 1. The summed E-state index contributed by atoms with van der Waals surface area (Å²) < 4.78 is 0. The molecule has 1 unspecified atom stereocenters. The average molecular weight is 206 g/mol. The van der Waals surface area contributed by atoms with Crippen molar-refractivity contribution in [1.29, 1.82) is 5.26 Å². The summed E-state index contributed by atoms with van der Waals surface area (Å²) in [6, 6.07) is 1.95. The summed E-state index contributed by atoms with van der Waals surface area (Å²) in [6.07, 6.45) is 3.70. The van der Waals surface area contributed by atoms with E-state index in [-0.39, 0.29) is 12.3 Å². The van der Waals surface area contributed by atoms with Crippen molar-refractivity contribution in [2.75, 3.05) is 11.9 Å². The van der Waals surface area contributed by atoms with Gasteiger partial charge >= 0.3 is 0 Å². The van der Waals surface area contributed by atoms with Crippen LogP contribution in [0.1, 0.15) is 26.0 Å². The number of nitrogens with zero attached hydrogens (tertiary/aromatic N) is 3. The second kappa shape index (κ2) is 4.71. The molecule has 0 amide bonds. The van der Waals surface area contributed by atoms with Crippen LogP contribution in [-0.4, -0.2) is 27.2 Å². The van der Waals surface area contributed by atoms with Crippen LogP contribution < -0.4 is 5.32 Å². The Kier molecular flexibility index (Phi) is 3.58. The maximum atomic E-state index is 9.22. The molecule has 0 aromatic carbocycles. The van der Waals surface area contributed by atoms with E-state index in [1.807, 2.05) is 19.9 Å². The van der Waals surface area contributed by atoms with Gasteiger partial charge in [0, 0.05) is 12.4 Å². The zero-order valence-electron chi connectivity index (χ0n) is 8.86. The Morgan fingerprint density at radius 2 is 2.20 bits per heavy atom. The molecule has 5 heteroatoms. The van der Waals surface area contributed by atoms with E-state index in [2.05, 4.69) is 15.3 Å². The summed E-state index contributed by atoms with van der Waals surface area (Å²) in [5, 5.41) is 21.1. The molecule has 0 saturated heterocycles. The molecule has 0 aliphatic carbocycles. The number of hydrogen-bond donors (Lipinski definition) is 2. The quantitative estimate of drug-likeness (QED) is 0.765. The minimum atomic E-state index is -0.471. The van der Waals surface area contributed by atoms with Crippen LogP contribution in [0.5, 0.6) is 0 Å². The van der Waals surface area contributed by atoms with Gasteiger partial charge in [-0.05, 0) is 13.3 Å². The van der Waals surface area contributed by atoms with Gasteiger partial charge in [0.1, 0.15) is 6.07 Å². The highest BCUT2D eigenvalue weighted by atomic mass is 16.3. The summed E-state index contributed by atoms with van der Waals surface area (Å²) in [5.74, 6) is 0.415. The molecule has 1 aromatic rings. The van der Waals surface area contributed by atoms with Crippen molar-refractivity contribution in [3.05, 3.63) is 18.1 Å². The lowest BCUT2D eigenvalue weighted by Gasteiger charge is -2.27. The standard InChI is InChI=1S/C10H14N4O/c1-3-10(2,7-15)14-9-8(6-11)12-4-5-13-9/h4-5,15H,3,7H2,1-2H3,(H,13,14). The van der Waals surface area contributed by atoms with Crippen molar-refractivity contribution < 1.29 is 5.11 Å². The lowest BCUT2D eigenvalue weighted by Crippen LogP contribution is -2.38. The van der Waals surface area contributed by atoms with E-state index >= 15 is 0 Å². The number of aliphatic hydroxyl groups excluding tert-OH is 1. The van der Waals surface area contributed by atoms with E-state index in [4.69, 9.17) is 5.26 Å². The lowest BCUT2D eigenvalue weighted by atomic mass is 10.0. The molecule has 5 nitrogen and oxygen atoms in total. The number of hydrogen-bond acceptors (Lipinski definition) is 5. The van der Waals surface area contributed by atoms with E-state index < -0.39 is 5.54 Å². The maximum Gasteiger partial charge on any atom is 0.182 e. The van der Waals surface area contributed by atoms with Crippen molar-refractivity contribution in [2.45, 2.75) is 25.8 Å². The molecule has 1 rings (SSSR count). The van der Waals surface area contributed by atoms with Gasteiger partial charge in [-0.1, -0.05) is 6.92 Å². The van der Waals surface area contributed by atoms with Crippen LogP contribution in [-0.2, 0) is 0 Å². The van der Waals surface area contributed by atoms with Crippen LogP contribution in [0, 0.1) is 11.3 Å². The first-order chi connectivity index (χ1) is 7.15. The fourth-order valence-corrected chi connectivity index (χ4v) is 1.04. The molecule has 15 heavy (non-hydrogen) atoms. The average Bonchev–Trinajstić information content (AvgIpc) is 2.29. The molecule has 1 aromatic heterocycles. The maximum absolute atomic E-state index is 9.22. The number of rotatable bonds is 4. The smallest absolute Gasteiger partial charge is 0.182 e. The first-order valence-electron chi connectivity index (χ1n) is 4.75. The molecule has 2 N–H and O–H groups in total. The largest absolute Gasteiger partial charge is 0.394 e. The fourth-order valence-electron chi connectivity index (χ4n) is 1.04. The van der Waals surface area contributed by atoms with Crippen molar-refractivity contribution in [1.82, 2.24) is 9.97 Å². The van der Waals surface area contributed by atoms with Crippen LogP contribution in [0.3, 0.4) is 0 Å². The number of anilines is 1. The molecular weight excluding hydrogens is 192 g/mol. The Balaban J connectivity index is 2.94. The molecule has 0 aliphatic heterocycles. The van der Waals surface area contributed by atoms with Crippen LogP contribution in [0.15, 0.2) is 12.4 Å². The third-order valence-electron chi connectivity index (χ3n) is 2.35. The lowest BCUT2D eigenvalue weighted by molar-refractivity contribution is 0.218. The Morgan fingerprint density at radius 3 is 2.73 bits per heavy atom. The van der Waals surface area contributed by atoms with Crippen LogP contribution >= 0.6 is 0 Å². The van der Waals surface area contributed by atoms with Crippen LogP contribution in [0.4, 0.5) is 5.82 Å². The molecule has 0 aliphatic rings. The Morgan fingerprint density at radius 1 is 1.53 bits per heavy atom. The predicted molar refractivity (Wildman–Crippen MR) is 56.2 cm³/mol. The summed E-state index contributed by atoms with van der Waals surface area (Å²) >= 11 is 0. The Hall–Kier alpha value is -1.67. The van der Waals surface area contributed by atoms with E-state index in [1.165, 1.54) is 12.4 Å². The molecular formula is C10H14N4O. The van der Waals surface area contributed by atoms with Crippen LogP contribution in [0.25, 0.3) is 0 Å². The molecule has 0 bridgehead atoms. The third kappa shape index (κ3) is 2.64. The third-order valence-corrected chi connectivity index (χ3v) is 2.35. The first-order valence-corrected chi connectivity index (χ1v) is 4.75. The fraction of sp³-hybridized carbons (Fsp3) is 0.500. The summed E-state index contributed by atoms with van der Waals surface area (Å²) in [4.78, 5) is 7.91. The SMILES string of the molecule is CCC(C)(CO)Nc1nccnc1C#N. The normalized spacial score (nSPS) is 14.0. The van der Waals surface area contributed by atoms with E-state index in [0.29, 0.717) is 5.82 Å². The van der Waals surface area contributed by atoms with Gasteiger partial charge in [-0.15, -0.1) is 0 Å². The van der Waals surface area contributed by atoms with Crippen LogP contribution in [0.2, 0.25) is 0 Å². The zero-order chi connectivity index (χ0) is 11.3. The van der Waals surface area contributed by atoms with Gasteiger partial charge in [0.25, 0.3) is 0 Å². The van der Waals surface area contributed by atoms with Crippen molar-refractivity contribution in [2.24, 2.45) is 0 Å². The van der Waals surface area contributed by atoms with Crippen molar-refractivity contribution >= 4 is 5.82 Å². The highest BCUT2D eigenvalue weighted by Gasteiger charge is 2.22. The second-order valence-corrected chi connectivity index (χ2v) is 3.56. The molecule has 0 fully saturated rings. The Labute approximate surface area is 88.8 Å². The van der Waals surface area contributed by atoms with Gasteiger partial charge in [-0.25, -0.2) is 9.97 Å². The molecule has 0 spiro atoms. The minimum Gasteiger partial charge on any atom is -0.394 e. The van der Waals surface area contributed by atoms with Gasteiger partial charge in [0.05, 0.1) is 12.1 Å². The number of aliphatic hydroxyl groups is 1. The van der Waals surface area contributed by atoms with Crippen molar-refractivity contribution in [3.63, 3.8) is 0 Å². The van der Waals surface area contributed by atoms with E-state index in [0.717, 1.165) is 6.42 Å². The first kappa shape index (κ1) is 11.4. The van der Waals surface area contributed by atoms with Gasteiger partial charge in [0.15, 0.2) is 11.5 Å². The summed E-state index contributed by atoms with van der Waals surface area (Å²) in [5.41, 5.74) is -0.229.